The van der Waals surface area contributed by atoms with Crippen molar-refractivity contribution in [3.63, 3.8) is 0 Å². The van der Waals surface area contributed by atoms with Gasteiger partial charge in [-0.3, -0.25) is 9.59 Å². The summed E-state index contributed by atoms with van der Waals surface area (Å²) in [6.45, 7) is 0.550. The van der Waals surface area contributed by atoms with Crippen molar-refractivity contribution in [2.24, 2.45) is 0 Å². The molecule has 2 aromatic heterocycles. The van der Waals surface area contributed by atoms with Gasteiger partial charge in [0, 0.05) is 16.8 Å². The number of thiophene rings is 1. The van der Waals surface area contributed by atoms with E-state index >= 15 is 0 Å². The number of aromatic nitrogens is 1. The maximum Gasteiger partial charge on any atom is 0.267 e. The van der Waals surface area contributed by atoms with Gasteiger partial charge >= 0.3 is 0 Å². The average molecular weight is 298 g/mol. The molecule has 0 spiro atoms. The van der Waals surface area contributed by atoms with Crippen LogP contribution in [0.4, 0.5) is 0 Å². The minimum atomic E-state index is -0.255. The van der Waals surface area contributed by atoms with Crippen molar-refractivity contribution in [1.82, 2.24) is 10.3 Å². The lowest BCUT2D eigenvalue weighted by atomic mass is 10.1. The quantitative estimate of drug-likeness (QED) is 0.777. The van der Waals surface area contributed by atoms with Gasteiger partial charge in [-0.05, 0) is 35.4 Å². The van der Waals surface area contributed by atoms with E-state index < -0.39 is 0 Å². The standard InChI is InChI=1S/C16H14N2O2S/c19-15-13-6-2-1-4-11(13)10-14(18-15)16(20)17-8-7-12-5-3-9-21-12/h1-6,9-10H,7-8H2,(H,17,20)(H,18,19). The number of carbonyl (C=O) groups is 1. The van der Waals surface area contributed by atoms with Crippen LogP contribution in [-0.2, 0) is 6.42 Å². The maximum absolute atomic E-state index is 12.1. The van der Waals surface area contributed by atoms with Gasteiger partial charge in [0.2, 0.25) is 0 Å². The molecule has 106 valence electrons. The molecule has 0 unspecified atom stereocenters. The Morgan fingerprint density at radius 1 is 1.19 bits per heavy atom. The topological polar surface area (TPSA) is 62.0 Å². The highest BCUT2D eigenvalue weighted by Gasteiger charge is 2.08. The van der Waals surface area contributed by atoms with Crippen molar-refractivity contribution < 1.29 is 4.79 Å². The summed E-state index contributed by atoms with van der Waals surface area (Å²) in [6.07, 6.45) is 0.793. The van der Waals surface area contributed by atoms with Crippen molar-refractivity contribution >= 4 is 28.0 Å². The summed E-state index contributed by atoms with van der Waals surface area (Å²) in [5, 5.41) is 6.20. The van der Waals surface area contributed by atoms with Gasteiger partial charge in [0.1, 0.15) is 5.69 Å². The molecule has 0 radical (unpaired) electrons. The van der Waals surface area contributed by atoms with Crippen LogP contribution in [0.25, 0.3) is 10.8 Å². The lowest BCUT2D eigenvalue weighted by Gasteiger charge is -2.05. The van der Waals surface area contributed by atoms with Crippen LogP contribution < -0.4 is 10.9 Å². The van der Waals surface area contributed by atoms with Gasteiger partial charge in [0.15, 0.2) is 0 Å². The fourth-order valence-corrected chi connectivity index (χ4v) is 2.89. The summed E-state index contributed by atoms with van der Waals surface area (Å²) >= 11 is 1.67. The number of H-pyrrole nitrogens is 1. The van der Waals surface area contributed by atoms with E-state index in [0.717, 1.165) is 11.8 Å². The van der Waals surface area contributed by atoms with E-state index in [9.17, 15) is 9.59 Å². The molecular weight excluding hydrogens is 284 g/mol. The third-order valence-corrected chi connectivity index (χ3v) is 4.17. The first-order chi connectivity index (χ1) is 10.2. The van der Waals surface area contributed by atoms with Gasteiger partial charge < -0.3 is 10.3 Å². The Balaban J connectivity index is 1.74. The Kier molecular flexibility index (Phi) is 3.83. The molecule has 0 saturated heterocycles. The Morgan fingerprint density at radius 3 is 2.86 bits per heavy atom. The molecule has 0 fully saturated rings. The summed E-state index contributed by atoms with van der Waals surface area (Å²) in [6, 6.07) is 13.0. The SMILES string of the molecule is O=C(NCCc1cccs1)c1cc2ccccc2c(=O)[nH]1. The monoisotopic (exact) mass is 298 g/mol. The third-order valence-electron chi connectivity index (χ3n) is 3.24. The Labute approximate surface area is 125 Å². The minimum absolute atomic E-state index is 0.239. The number of fused-ring (bicyclic) bond motifs is 1. The van der Waals surface area contributed by atoms with Crippen LogP contribution in [-0.4, -0.2) is 17.4 Å². The lowest BCUT2D eigenvalue weighted by molar-refractivity contribution is 0.0949. The highest BCUT2D eigenvalue weighted by molar-refractivity contribution is 7.09. The molecule has 0 atom stereocenters. The molecule has 0 saturated carbocycles. The molecule has 5 heteroatoms. The molecule has 4 nitrogen and oxygen atoms in total. The van der Waals surface area contributed by atoms with Gasteiger partial charge in [-0.1, -0.05) is 24.3 Å². The highest BCUT2D eigenvalue weighted by atomic mass is 32.1. The van der Waals surface area contributed by atoms with Crippen molar-refractivity contribution in [1.29, 1.82) is 0 Å². The first kappa shape index (κ1) is 13.6. The summed E-state index contributed by atoms with van der Waals surface area (Å²) in [5.74, 6) is -0.255. The smallest absolute Gasteiger partial charge is 0.267 e. The second-order valence-electron chi connectivity index (χ2n) is 4.68. The Bertz CT molecular complexity index is 822. The molecule has 0 bridgehead atoms. The minimum Gasteiger partial charge on any atom is -0.350 e. The normalized spacial score (nSPS) is 10.7. The van der Waals surface area contributed by atoms with E-state index in [-0.39, 0.29) is 11.5 Å². The summed E-state index contributed by atoms with van der Waals surface area (Å²) < 4.78 is 0. The molecule has 1 aromatic carbocycles. The predicted molar refractivity (Wildman–Crippen MR) is 84.9 cm³/mol. The largest absolute Gasteiger partial charge is 0.350 e. The van der Waals surface area contributed by atoms with E-state index in [4.69, 9.17) is 0 Å². The van der Waals surface area contributed by atoms with E-state index in [1.165, 1.54) is 4.88 Å². The summed E-state index contributed by atoms with van der Waals surface area (Å²) in [7, 11) is 0. The molecule has 3 aromatic rings. The highest BCUT2D eigenvalue weighted by Crippen LogP contribution is 2.10. The maximum atomic E-state index is 12.1. The zero-order valence-electron chi connectivity index (χ0n) is 11.3. The summed E-state index contributed by atoms with van der Waals surface area (Å²) in [4.78, 5) is 27.9. The van der Waals surface area contributed by atoms with Crippen molar-refractivity contribution in [3.8, 4) is 0 Å². The Hall–Kier alpha value is -2.40. The van der Waals surface area contributed by atoms with E-state index in [0.29, 0.717) is 17.6 Å². The van der Waals surface area contributed by atoms with Crippen LogP contribution in [0.1, 0.15) is 15.4 Å². The molecule has 21 heavy (non-hydrogen) atoms. The fraction of sp³-hybridized carbons (Fsp3) is 0.125. The second kappa shape index (κ2) is 5.93. The van der Waals surface area contributed by atoms with Crippen LogP contribution in [0.15, 0.2) is 52.6 Å². The number of rotatable bonds is 4. The first-order valence-electron chi connectivity index (χ1n) is 6.67. The lowest BCUT2D eigenvalue weighted by Crippen LogP contribution is -2.28. The zero-order chi connectivity index (χ0) is 14.7. The van der Waals surface area contributed by atoms with Gasteiger partial charge in [0.05, 0.1) is 0 Å². The van der Waals surface area contributed by atoms with Gasteiger partial charge in [-0.25, -0.2) is 0 Å². The van der Waals surface area contributed by atoms with Gasteiger partial charge in [-0.2, -0.15) is 0 Å². The van der Waals surface area contributed by atoms with Gasteiger partial charge in [-0.15, -0.1) is 11.3 Å². The number of hydrogen-bond acceptors (Lipinski definition) is 3. The number of aromatic amines is 1. The molecule has 2 N–H and O–H groups in total. The van der Waals surface area contributed by atoms with E-state index in [1.807, 2.05) is 29.6 Å². The van der Waals surface area contributed by atoms with Crippen LogP contribution >= 0.6 is 11.3 Å². The second-order valence-corrected chi connectivity index (χ2v) is 5.72. The van der Waals surface area contributed by atoms with Crippen molar-refractivity contribution in [2.75, 3.05) is 6.54 Å². The van der Waals surface area contributed by atoms with Crippen LogP contribution in [0.3, 0.4) is 0 Å². The van der Waals surface area contributed by atoms with Crippen LogP contribution in [0.5, 0.6) is 0 Å². The molecule has 0 aliphatic carbocycles. The van der Waals surface area contributed by atoms with E-state index in [1.54, 1.807) is 29.5 Å². The number of hydrogen-bond donors (Lipinski definition) is 2. The van der Waals surface area contributed by atoms with E-state index in [2.05, 4.69) is 10.3 Å². The molecule has 2 heterocycles. The van der Waals surface area contributed by atoms with Crippen molar-refractivity contribution in [3.05, 3.63) is 68.8 Å². The van der Waals surface area contributed by atoms with Crippen LogP contribution in [0, 0.1) is 0 Å². The van der Waals surface area contributed by atoms with Crippen LogP contribution in [0.2, 0.25) is 0 Å². The zero-order valence-corrected chi connectivity index (χ0v) is 12.1. The molecule has 0 aliphatic heterocycles. The first-order valence-corrected chi connectivity index (χ1v) is 7.54. The average Bonchev–Trinajstić information content (AvgIpc) is 3.00. The predicted octanol–water partition coefficient (Wildman–Crippen LogP) is 2.56. The number of amides is 1. The fourth-order valence-electron chi connectivity index (χ4n) is 2.18. The third kappa shape index (κ3) is 3.03. The summed E-state index contributed by atoms with van der Waals surface area (Å²) in [5.41, 5.74) is 0.0568. The van der Waals surface area contributed by atoms with Gasteiger partial charge in [0.25, 0.3) is 11.5 Å². The van der Waals surface area contributed by atoms with Crippen molar-refractivity contribution in [2.45, 2.75) is 6.42 Å². The molecule has 3 rings (SSSR count). The number of pyridine rings is 1. The molecule has 1 amide bonds. The number of nitrogens with one attached hydrogen (secondary N) is 2. The number of benzene rings is 1. The molecule has 0 aliphatic rings. The molecular formula is C16H14N2O2S. The Morgan fingerprint density at radius 2 is 2.05 bits per heavy atom. The number of carbonyl (C=O) groups excluding carboxylic acids is 1.